The fourth-order valence-electron chi connectivity index (χ4n) is 2.93. The number of piperidine rings is 1. The Labute approximate surface area is 176 Å². The van der Waals surface area contributed by atoms with E-state index in [4.69, 9.17) is 20.8 Å². The molecule has 1 amide bonds. The monoisotopic (exact) mass is 477 g/mol. The molecule has 0 aromatic heterocycles. The second kappa shape index (κ2) is 8.31. The topological polar surface area (TPSA) is 59.0 Å². The molecule has 5 nitrogen and oxygen atoms in total. The first-order valence-electron chi connectivity index (χ1n) is 9.08. The predicted octanol–water partition coefficient (Wildman–Crippen LogP) is 5.93. The number of carboxylic acid groups (broad SMARTS) is 1. The van der Waals surface area contributed by atoms with Crippen molar-refractivity contribution >= 4 is 41.9 Å². The maximum absolute atomic E-state index is 11.6. The van der Waals surface area contributed by atoms with Crippen molar-refractivity contribution in [3.8, 4) is 5.75 Å². The molecule has 8 heteroatoms. The van der Waals surface area contributed by atoms with Gasteiger partial charge in [0.15, 0.2) is 8.32 Å². The number of halogens is 2. The van der Waals surface area contributed by atoms with Crippen molar-refractivity contribution in [2.24, 2.45) is 0 Å². The van der Waals surface area contributed by atoms with E-state index in [9.17, 15) is 9.90 Å². The lowest BCUT2D eigenvalue weighted by molar-refractivity contribution is 0.0123. The minimum absolute atomic E-state index is 0.0602. The van der Waals surface area contributed by atoms with Gasteiger partial charge in [0.1, 0.15) is 11.9 Å². The highest BCUT2D eigenvalue weighted by molar-refractivity contribution is 9.10. The Morgan fingerprint density at radius 2 is 1.89 bits per heavy atom. The smallest absolute Gasteiger partial charge is 0.407 e. The Morgan fingerprint density at radius 1 is 1.30 bits per heavy atom. The van der Waals surface area contributed by atoms with Crippen LogP contribution in [0, 0.1) is 6.92 Å². The number of benzene rings is 1. The van der Waals surface area contributed by atoms with Gasteiger partial charge in [-0.05, 0) is 58.7 Å². The van der Waals surface area contributed by atoms with Gasteiger partial charge in [-0.1, -0.05) is 32.4 Å². The van der Waals surface area contributed by atoms with Crippen molar-refractivity contribution in [3.63, 3.8) is 0 Å². The number of hydrogen-bond acceptors (Lipinski definition) is 3. The first-order valence-corrected chi connectivity index (χ1v) is 13.2. The maximum atomic E-state index is 11.6. The zero-order valence-electron chi connectivity index (χ0n) is 16.8. The molecule has 1 heterocycles. The molecule has 1 aliphatic heterocycles. The number of hydrogen-bond donors (Lipinski definition) is 1. The minimum atomic E-state index is -2.01. The Balaban J connectivity index is 2.21. The van der Waals surface area contributed by atoms with E-state index in [0.29, 0.717) is 30.3 Å². The summed E-state index contributed by atoms with van der Waals surface area (Å²) < 4.78 is 13.5. The lowest BCUT2D eigenvalue weighted by atomic mass is 10.1. The van der Waals surface area contributed by atoms with E-state index < -0.39 is 14.4 Å². The average Bonchev–Trinajstić information content (AvgIpc) is 2.49. The van der Waals surface area contributed by atoms with Gasteiger partial charge >= 0.3 is 6.09 Å². The summed E-state index contributed by atoms with van der Waals surface area (Å²) in [4.78, 5) is 13.0. The Kier molecular flexibility index (Phi) is 6.93. The van der Waals surface area contributed by atoms with Gasteiger partial charge < -0.3 is 19.2 Å². The van der Waals surface area contributed by atoms with Gasteiger partial charge in [-0.15, -0.1) is 0 Å². The van der Waals surface area contributed by atoms with E-state index in [2.05, 4.69) is 49.8 Å². The summed E-state index contributed by atoms with van der Waals surface area (Å²) in [7, 11) is -2.01. The molecule has 0 radical (unpaired) electrons. The fourth-order valence-corrected chi connectivity index (χ4v) is 5.35. The lowest BCUT2D eigenvalue weighted by Crippen LogP contribution is -2.54. The molecule has 1 aliphatic rings. The minimum Gasteiger partial charge on any atom is -0.487 e. The molecular weight excluding hydrogens is 450 g/mol. The highest BCUT2D eigenvalue weighted by Crippen LogP contribution is 2.39. The highest BCUT2D eigenvalue weighted by atomic mass is 79.9. The summed E-state index contributed by atoms with van der Waals surface area (Å²) >= 11 is 9.58. The lowest BCUT2D eigenvalue weighted by Gasteiger charge is -2.43. The number of carbonyl (C=O) groups is 1. The molecule has 0 bridgehead atoms. The van der Waals surface area contributed by atoms with Gasteiger partial charge in [0.25, 0.3) is 0 Å². The first-order chi connectivity index (χ1) is 12.3. The van der Waals surface area contributed by atoms with E-state index in [0.717, 1.165) is 10.0 Å². The molecule has 2 atom stereocenters. The van der Waals surface area contributed by atoms with Crippen LogP contribution in [0.1, 0.15) is 32.8 Å². The number of nitrogens with zero attached hydrogens (tertiary/aromatic N) is 1. The molecule has 2 rings (SSSR count). The molecule has 0 unspecified atom stereocenters. The van der Waals surface area contributed by atoms with Gasteiger partial charge in [0.05, 0.1) is 17.1 Å². The Bertz CT molecular complexity index is 684. The van der Waals surface area contributed by atoms with Gasteiger partial charge in [-0.3, -0.25) is 0 Å². The molecule has 1 aromatic rings. The summed E-state index contributed by atoms with van der Waals surface area (Å²) in [6.07, 6.45) is -0.739. The van der Waals surface area contributed by atoms with Crippen LogP contribution < -0.4 is 4.74 Å². The van der Waals surface area contributed by atoms with E-state index in [1.165, 1.54) is 4.90 Å². The molecule has 1 fully saturated rings. The van der Waals surface area contributed by atoms with Gasteiger partial charge in [0.2, 0.25) is 0 Å². The zero-order valence-corrected chi connectivity index (χ0v) is 20.1. The number of amides is 1. The third-order valence-corrected chi connectivity index (χ3v) is 10.7. The summed E-state index contributed by atoms with van der Waals surface area (Å²) in [5, 5.41) is 10.2. The van der Waals surface area contributed by atoms with Crippen LogP contribution in [0.15, 0.2) is 16.6 Å². The first kappa shape index (κ1) is 22.5. The third-order valence-electron chi connectivity index (χ3n) is 5.39. The molecule has 0 saturated carbocycles. The second-order valence-corrected chi connectivity index (χ2v) is 14.7. The molecule has 1 N–H and O–H groups in total. The van der Waals surface area contributed by atoms with Crippen molar-refractivity contribution in [2.45, 2.75) is 64.5 Å². The average molecular weight is 479 g/mol. The summed E-state index contributed by atoms with van der Waals surface area (Å²) in [6, 6.07) is 3.62. The standard InChI is InChI=1S/C19H29BrClNO4Si/c1-12-7-13(21)8-16(20)17(12)25-14-9-15(11-22(10-14)18(23)24)26-27(5,6)19(2,3)4/h7-8,14-15H,9-11H2,1-6H3,(H,23,24)/t14-,15+/m0/s1. The van der Waals surface area contributed by atoms with Crippen LogP contribution >= 0.6 is 27.5 Å². The van der Waals surface area contributed by atoms with Crippen molar-refractivity contribution in [2.75, 3.05) is 13.1 Å². The molecule has 152 valence electrons. The number of ether oxygens (including phenoxy) is 1. The number of likely N-dealkylation sites (tertiary alicyclic amines) is 1. The molecule has 1 saturated heterocycles. The van der Waals surface area contributed by atoms with Crippen LogP contribution in [0.5, 0.6) is 5.75 Å². The Morgan fingerprint density at radius 3 is 2.41 bits per heavy atom. The van der Waals surface area contributed by atoms with Crippen LogP contribution in [0.2, 0.25) is 23.2 Å². The van der Waals surface area contributed by atoms with E-state index in [1.54, 1.807) is 6.07 Å². The van der Waals surface area contributed by atoms with Gasteiger partial charge in [-0.25, -0.2) is 4.79 Å². The van der Waals surface area contributed by atoms with Crippen LogP contribution in [0.4, 0.5) is 4.79 Å². The Hall–Kier alpha value is -0.763. The predicted molar refractivity (Wildman–Crippen MR) is 115 cm³/mol. The van der Waals surface area contributed by atoms with Gasteiger partial charge in [-0.2, -0.15) is 0 Å². The maximum Gasteiger partial charge on any atom is 0.407 e. The van der Waals surface area contributed by atoms with Crippen LogP contribution in [-0.2, 0) is 4.43 Å². The normalized spacial score (nSPS) is 21.3. The van der Waals surface area contributed by atoms with Crippen LogP contribution in [0.25, 0.3) is 0 Å². The molecule has 0 spiro atoms. The zero-order chi connectivity index (χ0) is 20.6. The number of rotatable bonds is 4. The van der Waals surface area contributed by atoms with Crippen molar-refractivity contribution in [1.29, 1.82) is 0 Å². The number of aryl methyl sites for hydroxylation is 1. The van der Waals surface area contributed by atoms with Gasteiger partial charge in [0, 0.05) is 18.0 Å². The fraction of sp³-hybridized carbons (Fsp3) is 0.632. The highest BCUT2D eigenvalue weighted by Gasteiger charge is 2.42. The van der Waals surface area contributed by atoms with Crippen molar-refractivity contribution in [3.05, 3.63) is 27.2 Å². The second-order valence-electron chi connectivity index (χ2n) is 8.70. The third kappa shape index (κ3) is 5.62. The SMILES string of the molecule is Cc1cc(Cl)cc(Br)c1O[C@H]1C[C@@H](O[Si](C)(C)C(C)(C)C)CN(C(=O)O)C1. The quantitative estimate of drug-likeness (QED) is 0.545. The van der Waals surface area contributed by atoms with Crippen LogP contribution in [-0.4, -0.2) is 49.7 Å². The van der Waals surface area contributed by atoms with Crippen molar-refractivity contribution in [1.82, 2.24) is 4.90 Å². The van der Waals surface area contributed by atoms with E-state index in [1.807, 2.05) is 13.0 Å². The molecule has 1 aromatic carbocycles. The summed E-state index contributed by atoms with van der Waals surface area (Å²) in [5.41, 5.74) is 0.906. The van der Waals surface area contributed by atoms with E-state index in [-0.39, 0.29) is 17.2 Å². The van der Waals surface area contributed by atoms with E-state index >= 15 is 0 Å². The van der Waals surface area contributed by atoms with Crippen LogP contribution in [0.3, 0.4) is 0 Å². The molecular formula is C19H29BrClNO4Si. The largest absolute Gasteiger partial charge is 0.487 e. The molecule has 27 heavy (non-hydrogen) atoms. The van der Waals surface area contributed by atoms with Crippen molar-refractivity contribution < 1.29 is 19.1 Å². The summed E-state index contributed by atoms with van der Waals surface area (Å²) in [5.74, 6) is 0.697. The summed E-state index contributed by atoms with van der Waals surface area (Å²) in [6.45, 7) is 13.5. The molecule has 0 aliphatic carbocycles.